The maximum Gasteiger partial charge on any atom is 0.407 e. The van der Waals surface area contributed by atoms with Gasteiger partial charge in [0.05, 0.1) is 23.0 Å². The Hall–Kier alpha value is -4.87. The lowest BCUT2D eigenvalue weighted by atomic mass is 9.75. The molecule has 0 bridgehead atoms. The number of aromatic nitrogens is 4. The summed E-state index contributed by atoms with van der Waals surface area (Å²) >= 11 is 6.63. The number of hydrogen-bond acceptors (Lipinski definition) is 9. The van der Waals surface area contributed by atoms with E-state index in [1.807, 2.05) is 20.8 Å². The van der Waals surface area contributed by atoms with Gasteiger partial charge in [0.1, 0.15) is 12.9 Å². The van der Waals surface area contributed by atoms with E-state index in [-0.39, 0.29) is 35.7 Å². The summed E-state index contributed by atoms with van der Waals surface area (Å²) < 4.78 is 60.2. The predicted molar refractivity (Wildman–Crippen MR) is 194 cm³/mol. The number of imidazole rings is 1. The van der Waals surface area contributed by atoms with E-state index in [1.165, 1.54) is 37.6 Å². The van der Waals surface area contributed by atoms with Crippen LogP contribution in [0.1, 0.15) is 63.8 Å². The molecule has 3 heterocycles. The highest BCUT2D eigenvalue weighted by atomic mass is 35.5. The highest BCUT2D eigenvalue weighted by Crippen LogP contribution is 2.45. The van der Waals surface area contributed by atoms with Crippen molar-refractivity contribution in [1.29, 1.82) is 0 Å². The Morgan fingerprint density at radius 3 is 2.43 bits per heavy atom. The van der Waals surface area contributed by atoms with Crippen molar-refractivity contribution in [2.24, 2.45) is 16.1 Å². The highest BCUT2D eigenvalue weighted by Gasteiger charge is 2.53. The molecule has 1 aliphatic carbocycles. The fraction of sp³-hybridized carbons (Fsp3) is 0.400. The average Bonchev–Trinajstić information content (AvgIpc) is 3.45. The number of benzene rings is 2. The molecule has 1 unspecified atom stereocenters. The van der Waals surface area contributed by atoms with Crippen LogP contribution in [-0.4, -0.2) is 81.1 Å². The van der Waals surface area contributed by atoms with Gasteiger partial charge in [-0.2, -0.15) is 26.6 Å². The molecule has 0 radical (unpaired) electrons. The first-order chi connectivity index (χ1) is 24.9. The molecule has 4 aromatic rings. The molecule has 6 rings (SSSR count). The van der Waals surface area contributed by atoms with Crippen molar-refractivity contribution in [3.63, 3.8) is 0 Å². The molecule has 2 aromatic carbocycles. The Balaban J connectivity index is 1.40. The van der Waals surface area contributed by atoms with Gasteiger partial charge in [-0.25, -0.2) is 23.4 Å². The third-order valence-electron chi connectivity index (χ3n) is 8.93. The van der Waals surface area contributed by atoms with Crippen LogP contribution in [0.4, 0.5) is 13.6 Å². The Labute approximate surface area is 310 Å². The summed E-state index contributed by atoms with van der Waals surface area (Å²) in [4.78, 5) is 38.2. The fourth-order valence-electron chi connectivity index (χ4n) is 6.22. The van der Waals surface area contributed by atoms with Crippen LogP contribution >= 0.6 is 11.6 Å². The normalized spacial score (nSPS) is 18.5. The van der Waals surface area contributed by atoms with E-state index in [0.717, 1.165) is 27.4 Å². The van der Waals surface area contributed by atoms with Crippen LogP contribution in [0.2, 0.25) is 5.02 Å². The molecular weight excluding hydrogens is 732 g/mol. The van der Waals surface area contributed by atoms with Gasteiger partial charge in [0.25, 0.3) is 5.91 Å². The number of rotatable bonds is 12. The van der Waals surface area contributed by atoms with Crippen molar-refractivity contribution in [1.82, 2.24) is 33.3 Å². The lowest BCUT2D eigenvalue weighted by Crippen LogP contribution is -2.47. The lowest BCUT2D eigenvalue weighted by molar-refractivity contribution is -0.135. The van der Waals surface area contributed by atoms with Crippen molar-refractivity contribution in [3.05, 3.63) is 83.5 Å². The molecular formula is C35H40ClF2N9O5S. The second kappa shape index (κ2) is 14.2. The molecule has 53 heavy (non-hydrogen) atoms. The van der Waals surface area contributed by atoms with Gasteiger partial charge < -0.3 is 15.8 Å². The minimum absolute atomic E-state index is 0.0174. The van der Waals surface area contributed by atoms with Crippen LogP contribution in [0, 0.1) is 5.41 Å². The number of alkyl carbamates (subject to hydrolysis) is 1. The van der Waals surface area contributed by atoms with Gasteiger partial charge in [0, 0.05) is 43.7 Å². The molecule has 3 N–H and O–H groups in total. The van der Waals surface area contributed by atoms with Crippen molar-refractivity contribution in [2.45, 2.75) is 64.2 Å². The number of carbonyl (C=O) groups is 2. The average molecular weight is 772 g/mol. The first-order valence-corrected chi connectivity index (χ1v) is 18.5. The zero-order valence-electron chi connectivity index (χ0n) is 29.7. The quantitative estimate of drug-likeness (QED) is 0.189. The number of guanidine groups is 1. The molecule has 18 heteroatoms. The number of halogens is 3. The highest BCUT2D eigenvalue weighted by molar-refractivity contribution is 7.87. The molecule has 0 saturated heterocycles. The number of alkyl halides is 2. The zero-order valence-corrected chi connectivity index (χ0v) is 31.3. The van der Waals surface area contributed by atoms with Gasteiger partial charge in [0.15, 0.2) is 11.5 Å². The molecule has 2 atom stereocenters. The van der Waals surface area contributed by atoms with Crippen LogP contribution in [0.3, 0.4) is 0 Å². The second-order valence-electron chi connectivity index (χ2n) is 14.5. The maximum atomic E-state index is 15.0. The van der Waals surface area contributed by atoms with Crippen LogP contribution in [0.25, 0.3) is 22.4 Å². The van der Waals surface area contributed by atoms with E-state index in [2.05, 4.69) is 15.4 Å². The largest absolute Gasteiger partial charge is 0.447 e. The summed E-state index contributed by atoms with van der Waals surface area (Å²) in [7, 11) is -1.08. The predicted octanol–water partition coefficient (Wildman–Crippen LogP) is 5.53. The summed E-state index contributed by atoms with van der Waals surface area (Å²) in [5.74, 6) is -0.590. The second-order valence-corrected chi connectivity index (χ2v) is 16.9. The third kappa shape index (κ3) is 7.77. The molecule has 2 aliphatic rings. The Morgan fingerprint density at radius 1 is 1.13 bits per heavy atom. The number of nitrogens with one attached hydrogen (secondary N) is 1. The summed E-state index contributed by atoms with van der Waals surface area (Å²) in [6, 6.07) is 10.7. The standard InChI is InChI=1S/C35H40ClF2N9O5S/c1-34(2,3)19-35(24-9-6-21(7-10-24)23-15-41-46(16-23)31(37)38)30(48)47(32(39)43-35)29(18-52-33(49)42-25-11-12-25)22-8-13-27(36)26(14-22)28-17-45(20-40-28)53(50,51)44(4)5/h6-10,13-17,20,25,29,31H,11-12,18-19H2,1-5H3,(H2,39,43)(H,42,49)/t29?,35-/m1/s1. The summed E-state index contributed by atoms with van der Waals surface area (Å²) in [6.45, 7) is 2.79. The Kier molecular flexibility index (Phi) is 10.1. The van der Waals surface area contributed by atoms with Gasteiger partial charge in [0.2, 0.25) is 0 Å². The van der Waals surface area contributed by atoms with Crippen molar-refractivity contribution in [2.75, 3.05) is 20.7 Å². The summed E-state index contributed by atoms with van der Waals surface area (Å²) in [5.41, 5.74) is 7.35. The van der Waals surface area contributed by atoms with E-state index < -0.39 is 45.8 Å². The molecule has 1 saturated carbocycles. The van der Waals surface area contributed by atoms with E-state index >= 15 is 0 Å². The summed E-state index contributed by atoms with van der Waals surface area (Å²) in [6.07, 6.45) is 6.29. The lowest BCUT2D eigenvalue weighted by Gasteiger charge is -2.35. The van der Waals surface area contributed by atoms with Gasteiger partial charge in [-0.15, -0.1) is 0 Å². The van der Waals surface area contributed by atoms with Crippen molar-refractivity contribution in [3.8, 4) is 22.4 Å². The van der Waals surface area contributed by atoms with Crippen LogP contribution < -0.4 is 11.1 Å². The Bertz CT molecular complexity index is 2160. The molecule has 1 aliphatic heterocycles. The van der Waals surface area contributed by atoms with Crippen LogP contribution in [0.5, 0.6) is 0 Å². The molecule has 0 spiro atoms. The van der Waals surface area contributed by atoms with E-state index in [0.29, 0.717) is 32.5 Å². The van der Waals surface area contributed by atoms with E-state index in [4.69, 9.17) is 27.1 Å². The van der Waals surface area contributed by atoms with Crippen LogP contribution in [0.15, 0.2) is 72.4 Å². The van der Waals surface area contributed by atoms with E-state index in [9.17, 15) is 26.8 Å². The number of amides is 2. The Morgan fingerprint density at radius 2 is 1.83 bits per heavy atom. The van der Waals surface area contributed by atoms with Gasteiger partial charge >= 0.3 is 22.9 Å². The first-order valence-electron chi connectivity index (χ1n) is 16.7. The van der Waals surface area contributed by atoms with Crippen molar-refractivity contribution >= 4 is 39.8 Å². The fourth-order valence-corrected chi connectivity index (χ4v) is 7.21. The van der Waals surface area contributed by atoms with Gasteiger partial charge in [-0.3, -0.25) is 9.69 Å². The molecule has 14 nitrogen and oxygen atoms in total. The maximum absolute atomic E-state index is 15.0. The minimum Gasteiger partial charge on any atom is -0.447 e. The van der Waals surface area contributed by atoms with E-state index in [1.54, 1.807) is 42.5 Å². The topological polar surface area (TPSA) is 170 Å². The number of nitrogens with zero attached hydrogens (tertiary/aromatic N) is 7. The first kappa shape index (κ1) is 37.9. The SMILES string of the molecule is CN(C)S(=O)(=O)n1cnc(-c2cc(C(COC(=O)NC3CC3)N3C(=O)[C@@](CC(C)(C)C)(c4ccc(-c5cnn(C(F)F)c5)cc4)N=C3N)ccc2Cl)c1. The molecule has 2 amide bonds. The minimum atomic E-state index is -3.87. The third-order valence-corrected chi connectivity index (χ3v) is 10.9. The van der Waals surface area contributed by atoms with Crippen molar-refractivity contribution < 1.29 is 31.5 Å². The number of carbonyl (C=O) groups excluding carboxylic acids is 2. The molecule has 282 valence electrons. The van der Waals surface area contributed by atoms with Crippen LogP contribution in [-0.2, 0) is 25.3 Å². The number of hydrogen-bond donors (Lipinski definition) is 2. The molecule has 2 aromatic heterocycles. The van der Waals surface area contributed by atoms with Gasteiger partial charge in [-0.1, -0.05) is 62.7 Å². The van der Waals surface area contributed by atoms with Gasteiger partial charge in [-0.05, 0) is 53.5 Å². The zero-order chi connectivity index (χ0) is 38.5. The molecule has 1 fully saturated rings. The smallest absolute Gasteiger partial charge is 0.407 e. The number of aliphatic imine (C=N–C) groups is 1. The summed E-state index contributed by atoms with van der Waals surface area (Å²) in [5, 5.41) is 6.75. The number of ether oxygens (including phenoxy) is 1. The number of nitrogens with two attached hydrogens (primary N) is 1. The monoisotopic (exact) mass is 771 g/mol.